The third-order valence-corrected chi connectivity index (χ3v) is 8.06. The Hall–Kier alpha value is -3.23. The van der Waals surface area contributed by atoms with Gasteiger partial charge in [-0.1, -0.05) is 61.5 Å². The monoisotopic (exact) mass is 540 g/mol. The summed E-state index contributed by atoms with van der Waals surface area (Å²) in [7, 11) is 0. The van der Waals surface area contributed by atoms with E-state index in [-0.39, 0.29) is 12.6 Å². The first kappa shape index (κ1) is 27.3. The second kappa shape index (κ2) is 11.5. The summed E-state index contributed by atoms with van der Waals surface area (Å²) in [4.78, 5) is 18.2. The number of hydrogen-bond acceptors (Lipinski definition) is 3. The number of morpholine rings is 1. The highest BCUT2D eigenvalue weighted by Gasteiger charge is 2.53. The van der Waals surface area contributed by atoms with Crippen molar-refractivity contribution in [2.75, 3.05) is 45.9 Å². The second-order valence-corrected chi connectivity index (χ2v) is 10.4. The molecule has 0 aliphatic carbocycles. The number of benzene rings is 3. The molecule has 0 spiro atoms. The van der Waals surface area contributed by atoms with E-state index in [1.807, 2.05) is 30.3 Å². The molecule has 1 unspecified atom stereocenters. The summed E-state index contributed by atoms with van der Waals surface area (Å²) in [5.74, 6) is -7.42. The number of amides is 1. The average molecular weight is 541 g/mol. The molecule has 2 aliphatic heterocycles. The van der Waals surface area contributed by atoms with Gasteiger partial charge in [-0.2, -0.15) is 0 Å². The van der Waals surface area contributed by atoms with Crippen LogP contribution in [0, 0.1) is 29.2 Å². The fraction of sp³-hybridized carbons (Fsp3) is 0.387. The number of carbonyl (C=O) groups is 1. The van der Waals surface area contributed by atoms with Crippen molar-refractivity contribution in [3.63, 3.8) is 0 Å². The lowest BCUT2D eigenvalue weighted by atomic mass is 9.64. The number of likely N-dealkylation sites (tertiary alicyclic amines) is 1. The van der Waals surface area contributed by atoms with Gasteiger partial charge in [0.25, 0.3) is 0 Å². The molecule has 3 aromatic rings. The van der Waals surface area contributed by atoms with Gasteiger partial charge in [-0.25, -0.2) is 17.6 Å². The first-order chi connectivity index (χ1) is 18.8. The molecule has 0 aromatic heterocycles. The van der Waals surface area contributed by atoms with Crippen molar-refractivity contribution in [3.8, 4) is 11.1 Å². The van der Waals surface area contributed by atoms with Crippen LogP contribution in [0.25, 0.3) is 11.1 Å². The van der Waals surface area contributed by atoms with E-state index in [9.17, 15) is 13.6 Å². The smallest absolute Gasteiger partial charge is 0.238 e. The zero-order valence-electron chi connectivity index (χ0n) is 21.9. The number of carbonyl (C=O) groups excluding carboxylic acids is 1. The fourth-order valence-electron chi connectivity index (χ4n) is 6.07. The van der Waals surface area contributed by atoms with Crippen molar-refractivity contribution >= 4 is 5.91 Å². The normalized spacial score (nSPS) is 18.6. The van der Waals surface area contributed by atoms with E-state index in [0.29, 0.717) is 45.0 Å². The summed E-state index contributed by atoms with van der Waals surface area (Å²) in [5, 5.41) is 0. The molecule has 0 bridgehead atoms. The van der Waals surface area contributed by atoms with Gasteiger partial charge >= 0.3 is 0 Å². The highest BCUT2D eigenvalue weighted by Crippen LogP contribution is 2.46. The van der Waals surface area contributed by atoms with Gasteiger partial charge in [0.05, 0.1) is 13.2 Å². The standard InChI is InChI=1S/C31H32F4N2O2/c1-21(20-36-15-17-39-18-16-36)31(30(38)37-13-5-6-14-37,27-28(34)25(32)19-26(33)29(27)35)24-11-9-23(10-12-24)22-7-3-2-4-8-22/h2-4,7-12,19,21H,5-6,13-18,20H2,1H3/t21-,31?/m0/s1. The molecule has 2 aliphatic rings. The van der Waals surface area contributed by atoms with Crippen LogP contribution in [-0.4, -0.2) is 61.6 Å². The Morgan fingerprint density at radius 3 is 2.00 bits per heavy atom. The number of ether oxygens (including phenoxy) is 1. The number of nitrogens with zero attached hydrogens (tertiary/aromatic N) is 2. The molecule has 1 amide bonds. The molecule has 39 heavy (non-hydrogen) atoms. The predicted molar refractivity (Wildman–Crippen MR) is 141 cm³/mol. The van der Waals surface area contributed by atoms with Gasteiger partial charge in [-0.15, -0.1) is 0 Å². The highest BCUT2D eigenvalue weighted by atomic mass is 19.2. The Kier molecular flexibility index (Phi) is 8.05. The van der Waals surface area contributed by atoms with Gasteiger partial charge in [0, 0.05) is 44.4 Å². The molecule has 2 atom stereocenters. The van der Waals surface area contributed by atoms with E-state index in [4.69, 9.17) is 4.74 Å². The molecular weight excluding hydrogens is 508 g/mol. The molecule has 3 aromatic carbocycles. The predicted octanol–water partition coefficient (Wildman–Crippen LogP) is 5.79. The van der Waals surface area contributed by atoms with E-state index in [0.717, 1.165) is 24.0 Å². The average Bonchev–Trinajstić information content (AvgIpc) is 3.50. The van der Waals surface area contributed by atoms with E-state index in [1.54, 1.807) is 36.1 Å². The Bertz CT molecular complexity index is 1280. The van der Waals surface area contributed by atoms with Crippen molar-refractivity contribution in [2.24, 2.45) is 5.92 Å². The first-order valence-electron chi connectivity index (χ1n) is 13.4. The lowest BCUT2D eigenvalue weighted by Gasteiger charge is -2.43. The third-order valence-electron chi connectivity index (χ3n) is 8.06. The summed E-state index contributed by atoms with van der Waals surface area (Å²) in [6, 6.07) is 16.6. The number of rotatable bonds is 7. The van der Waals surface area contributed by atoms with Crippen molar-refractivity contribution < 1.29 is 27.1 Å². The molecule has 8 heteroatoms. The Morgan fingerprint density at radius 1 is 0.846 bits per heavy atom. The zero-order chi connectivity index (χ0) is 27.6. The van der Waals surface area contributed by atoms with Crippen LogP contribution in [0.3, 0.4) is 0 Å². The van der Waals surface area contributed by atoms with Crippen LogP contribution < -0.4 is 0 Å². The Labute approximate surface area is 226 Å². The van der Waals surface area contributed by atoms with Crippen molar-refractivity contribution in [2.45, 2.75) is 25.2 Å². The van der Waals surface area contributed by atoms with Gasteiger partial charge in [0.2, 0.25) is 5.91 Å². The van der Waals surface area contributed by atoms with Crippen LogP contribution in [0.5, 0.6) is 0 Å². The van der Waals surface area contributed by atoms with Crippen LogP contribution >= 0.6 is 0 Å². The summed E-state index contributed by atoms with van der Waals surface area (Å²) in [6.45, 7) is 4.96. The molecule has 2 saturated heterocycles. The van der Waals surface area contributed by atoms with Gasteiger partial charge in [-0.3, -0.25) is 9.69 Å². The maximum Gasteiger partial charge on any atom is 0.238 e. The molecule has 4 nitrogen and oxygen atoms in total. The van der Waals surface area contributed by atoms with Crippen molar-refractivity contribution in [3.05, 3.63) is 95.1 Å². The van der Waals surface area contributed by atoms with Crippen LogP contribution in [-0.2, 0) is 14.9 Å². The van der Waals surface area contributed by atoms with Crippen LogP contribution in [0.1, 0.15) is 30.9 Å². The molecule has 206 valence electrons. The van der Waals surface area contributed by atoms with Gasteiger partial charge in [0.15, 0.2) is 23.3 Å². The highest BCUT2D eigenvalue weighted by molar-refractivity contribution is 5.93. The minimum atomic E-state index is -2.00. The fourth-order valence-corrected chi connectivity index (χ4v) is 6.07. The van der Waals surface area contributed by atoms with E-state index in [2.05, 4.69) is 4.90 Å². The molecule has 0 radical (unpaired) electrons. The SMILES string of the molecule is C[C@@H](CN1CCOCC1)C(C(=O)N1CCCC1)(c1ccc(-c2ccccc2)cc1)c1c(F)c(F)cc(F)c1F. The van der Waals surface area contributed by atoms with Crippen molar-refractivity contribution in [1.29, 1.82) is 0 Å². The maximum absolute atomic E-state index is 15.8. The largest absolute Gasteiger partial charge is 0.379 e. The molecule has 0 saturated carbocycles. The number of halogens is 4. The van der Waals surface area contributed by atoms with Crippen LogP contribution in [0.15, 0.2) is 60.7 Å². The summed E-state index contributed by atoms with van der Waals surface area (Å²) in [5.41, 5.74) is -0.813. The van der Waals surface area contributed by atoms with Gasteiger partial charge in [0.1, 0.15) is 5.41 Å². The van der Waals surface area contributed by atoms with Crippen LogP contribution in [0.2, 0.25) is 0 Å². The number of hydrogen-bond donors (Lipinski definition) is 0. The van der Waals surface area contributed by atoms with Gasteiger partial charge in [-0.05, 0) is 35.4 Å². The van der Waals surface area contributed by atoms with Crippen LogP contribution in [0.4, 0.5) is 17.6 Å². The molecular formula is C31H32F4N2O2. The zero-order valence-corrected chi connectivity index (χ0v) is 21.9. The topological polar surface area (TPSA) is 32.8 Å². The minimum absolute atomic E-state index is 0.199. The molecule has 0 N–H and O–H groups in total. The molecule has 5 rings (SSSR count). The maximum atomic E-state index is 15.8. The second-order valence-electron chi connectivity index (χ2n) is 10.4. The quantitative estimate of drug-likeness (QED) is 0.281. The molecule has 2 heterocycles. The summed E-state index contributed by atoms with van der Waals surface area (Å²) >= 11 is 0. The first-order valence-corrected chi connectivity index (χ1v) is 13.4. The van der Waals surface area contributed by atoms with E-state index < -0.39 is 46.1 Å². The summed E-state index contributed by atoms with van der Waals surface area (Å²) in [6.07, 6.45) is 1.49. The van der Waals surface area contributed by atoms with Crippen molar-refractivity contribution in [1.82, 2.24) is 9.80 Å². The lowest BCUT2D eigenvalue weighted by molar-refractivity contribution is -0.137. The van der Waals surface area contributed by atoms with E-state index >= 15 is 8.78 Å². The Morgan fingerprint density at radius 2 is 1.41 bits per heavy atom. The lowest BCUT2D eigenvalue weighted by Crippen LogP contribution is -2.55. The van der Waals surface area contributed by atoms with Gasteiger partial charge < -0.3 is 9.64 Å². The summed E-state index contributed by atoms with van der Waals surface area (Å²) < 4.78 is 66.6. The molecule has 2 fully saturated rings. The minimum Gasteiger partial charge on any atom is -0.379 e. The Balaban J connectivity index is 1.74. The third kappa shape index (κ3) is 5.08. The van der Waals surface area contributed by atoms with E-state index in [1.165, 1.54) is 0 Å².